The topological polar surface area (TPSA) is 26.3 Å². The van der Waals surface area contributed by atoms with Crippen molar-refractivity contribution in [2.24, 2.45) is 5.92 Å². The number of hydrogen-bond acceptors (Lipinski definition) is 2. The van der Waals surface area contributed by atoms with E-state index in [-0.39, 0.29) is 42.0 Å². The molecule has 2 aliphatic heterocycles. The first-order chi connectivity index (χ1) is 13.6. The number of carbonyl (C=O) groups is 1. The van der Waals surface area contributed by atoms with Gasteiger partial charge in [-0.25, -0.2) is 0 Å². The summed E-state index contributed by atoms with van der Waals surface area (Å²) in [5.41, 5.74) is 2.35. The Balaban J connectivity index is 0.00000240. The van der Waals surface area contributed by atoms with E-state index in [2.05, 4.69) is 51.1 Å². The van der Waals surface area contributed by atoms with E-state index in [0.29, 0.717) is 18.1 Å². The van der Waals surface area contributed by atoms with Gasteiger partial charge in [-0.15, -0.1) is 0 Å². The summed E-state index contributed by atoms with van der Waals surface area (Å²) in [6, 6.07) is 12.4. The van der Waals surface area contributed by atoms with Crippen molar-refractivity contribution < 1.29 is 38.0 Å². The predicted octanol–water partition coefficient (Wildman–Crippen LogP) is 2.36. The molecule has 3 aliphatic rings. The number of rotatable bonds is 5. The Labute approximate surface area is 193 Å². The monoisotopic (exact) mass is 509 g/mol. The molecule has 4 heteroatoms. The number of piperidine rings is 1. The Morgan fingerprint density at radius 3 is 2.34 bits per heavy atom. The van der Waals surface area contributed by atoms with Crippen LogP contribution in [-0.2, 0) is 9.53 Å². The molecule has 2 bridgehead atoms. The van der Waals surface area contributed by atoms with Crippen LogP contribution in [0.1, 0.15) is 71.3 Å². The van der Waals surface area contributed by atoms with Crippen molar-refractivity contribution in [1.29, 1.82) is 0 Å². The fourth-order valence-electron chi connectivity index (χ4n) is 6.63. The van der Waals surface area contributed by atoms with Crippen LogP contribution in [0.25, 0.3) is 5.57 Å². The predicted molar refractivity (Wildman–Crippen MR) is 114 cm³/mol. The van der Waals surface area contributed by atoms with Crippen LogP contribution in [0.3, 0.4) is 0 Å². The fourth-order valence-corrected chi connectivity index (χ4v) is 6.63. The summed E-state index contributed by atoms with van der Waals surface area (Å²) in [7, 11) is 0. The molecule has 0 N–H and O–H groups in total. The van der Waals surface area contributed by atoms with Crippen LogP contribution >= 0.6 is 0 Å². The van der Waals surface area contributed by atoms with Gasteiger partial charge in [0.2, 0.25) is 0 Å². The van der Waals surface area contributed by atoms with Crippen molar-refractivity contribution in [1.82, 2.24) is 0 Å². The molecule has 1 aromatic rings. The number of fused-ring (bicyclic) bond motifs is 2. The number of quaternary nitrogens is 1. The van der Waals surface area contributed by atoms with Gasteiger partial charge in [0.05, 0.1) is 30.6 Å². The van der Waals surface area contributed by atoms with Gasteiger partial charge in [-0.05, 0) is 51.2 Å². The molecule has 3 unspecified atom stereocenters. The average Bonchev–Trinajstić information content (AvgIpc) is 2.92. The Morgan fingerprint density at radius 2 is 1.76 bits per heavy atom. The maximum absolute atomic E-state index is 13.2. The SMILES string of the molecule is CC[N+]1(C(C)C)C2CCC1CC(OC(=O)C1CCCC=C1c1ccccc1)C2.[I-]. The molecule has 1 aromatic carbocycles. The smallest absolute Gasteiger partial charge is 0.313 e. The highest BCUT2D eigenvalue weighted by molar-refractivity contribution is 5.89. The van der Waals surface area contributed by atoms with Crippen LogP contribution in [0.4, 0.5) is 0 Å². The summed E-state index contributed by atoms with van der Waals surface area (Å²) in [6.07, 6.45) is 10.1. The standard InChI is InChI=1S/C25H36NO2.HI/c1-4-26(18(2)3)20-14-15-21(26)17-22(16-20)28-25(27)24-13-9-8-12-23(24)19-10-6-5-7-11-19;/h5-7,10-12,18,20-22,24H,4,8-9,13-17H2,1-3H3;1H/q+1;/p-1. The molecule has 0 radical (unpaired) electrons. The second-order valence-corrected chi connectivity index (χ2v) is 9.33. The zero-order chi connectivity index (χ0) is 19.7. The molecule has 0 saturated carbocycles. The number of allylic oxidation sites excluding steroid dienone is 1. The Bertz CT molecular complexity index is 716. The van der Waals surface area contributed by atoms with Crippen molar-refractivity contribution in [2.75, 3.05) is 6.54 Å². The van der Waals surface area contributed by atoms with Gasteiger partial charge in [-0.3, -0.25) is 4.79 Å². The third kappa shape index (κ3) is 4.16. The lowest BCUT2D eigenvalue weighted by atomic mass is 9.83. The molecule has 0 aromatic heterocycles. The molecule has 2 saturated heterocycles. The van der Waals surface area contributed by atoms with Gasteiger partial charge in [0, 0.05) is 25.7 Å². The van der Waals surface area contributed by atoms with Gasteiger partial charge < -0.3 is 33.2 Å². The van der Waals surface area contributed by atoms with Gasteiger partial charge in [0.15, 0.2) is 0 Å². The normalized spacial score (nSPS) is 33.7. The number of nitrogens with zero attached hydrogens (tertiary/aromatic N) is 1. The quantitative estimate of drug-likeness (QED) is 0.346. The number of carbonyl (C=O) groups excluding carboxylic acids is 1. The summed E-state index contributed by atoms with van der Waals surface area (Å²) in [5.74, 6) is -0.0773. The van der Waals surface area contributed by atoms with Crippen LogP contribution in [0.15, 0.2) is 36.4 Å². The third-order valence-corrected chi connectivity index (χ3v) is 7.88. The van der Waals surface area contributed by atoms with E-state index in [4.69, 9.17) is 4.74 Å². The van der Waals surface area contributed by atoms with E-state index in [1.807, 2.05) is 6.07 Å². The minimum Gasteiger partial charge on any atom is -1.00 e. The molecule has 4 rings (SSSR count). The molecule has 1 aliphatic carbocycles. The van der Waals surface area contributed by atoms with Crippen LogP contribution in [0.5, 0.6) is 0 Å². The first kappa shape index (κ1) is 22.8. The number of halogens is 1. The summed E-state index contributed by atoms with van der Waals surface area (Å²) in [4.78, 5) is 13.2. The maximum atomic E-state index is 13.2. The van der Waals surface area contributed by atoms with Gasteiger partial charge in [-0.1, -0.05) is 36.4 Å². The average molecular weight is 509 g/mol. The van der Waals surface area contributed by atoms with Crippen molar-refractivity contribution in [2.45, 2.75) is 89.9 Å². The highest BCUT2D eigenvalue weighted by Gasteiger charge is 2.55. The molecular weight excluding hydrogens is 473 g/mol. The Kier molecular flexibility index (Phi) is 7.47. The molecule has 0 spiro atoms. The van der Waals surface area contributed by atoms with E-state index in [0.717, 1.165) is 32.1 Å². The first-order valence-corrected chi connectivity index (χ1v) is 11.4. The van der Waals surface area contributed by atoms with Gasteiger partial charge in [0.1, 0.15) is 6.10 Å². The van der Waals surface area contributed by atoms with Crippen LogP contribution in [-0.4, -0.2) is 41.2 Å². The minimum absolute atomic E-state index is 0. The zero-order valence-electron chi connectivity index (χ0n) is 18.1. The number of hydrogen-bond donors (Lipinski definition) is 0. The first-order valence-electron chi connectivity index (χ1n) is 11.4. The summed E-state index contributed by atoms with van der Waals surface area (Å²) < 4.78 is 7.43. The maximum Gasteiger partial charge on any atom is 0.313 e. The van der Waals surface area contributed by atoms with E-state index < -0.39 is 0 Å². The third-order valence-electron chi connectivity index (χ3n) is 7.88. The molecular formula is C25H36INO2. The molecule has 3 nitrogen and oxygen atoms in total. The zero-order valence-corrected chi connectivity index (χ0v) is 20.3. The summed E-state index contributed by atoms with van der Waals surface area (Å²) in [6.45, 7) is 8.30. The molecule has 160 valence electrons. The van der Waals surface area contributed by atoms with Gasteiger partial charge in [-0.2, -0.15) is 0 Å². The van der Waals surface area contributed by atoms with E-state index in [9.17, 15) is 4.79 Å². The van der Waals surface area contributed by atoms with E-state index in [1.54, 1.807) is 0 Å². The van der Waals surface area contributed by atoms with Crippen molar-refractivity contribution in [3.63, 3.8) is 0 Å². The number of benzene rings is 1. The van der Waals surface area contributed by atoms with Crippen LogP contribution < -0.4 is 24.0 Å². The second kappa shape index (κ2) is 9.51. The highest BCUT2D eigenvalue weighted by Crippen LogP contribution is 2.45. The number of ether oxygens (including phenoxy) is 1. The van der Waals surface area contributed by atoms with Crippen molar-refractivity contribution in [3.8, 4) is 0 Å². The highest BCUT2D eigenvalue weighted by atomic mass is 127. The van der Waals surface area contributed by atoms with Crippen molar-refractivity contribution in [3.05, 3.63) is 42.0 Å². The molecule has 29 heavy (non-hydrogen) atoms. The Hall–Kier alpha value is -0.880. The second-order valence-electron chi connectivity index (χ2n) is 9.33. The van der Waals surface area contributed by atoms with Gasteiger partial charge in [0.25, 0.3) is 0 Å². The molecule has 0 amide bonds. The Morgan fingerprint density at radius 1 is 1.10 bits per heavy atom. The summed E-state index contributed by atoms with van der Waals surface area (Å²) in [5, 5.41) is 0. The lowest BCUT2D eigenvalue weighted by Gasteiger charge is -2.52. The molecule has 2 heterocycles. The molecule has 2 fully saturated rings. The van der Waals surface area contributed by atoms with Crippen LogP contribution in [0.2, 0.25) is 0 Å². The molecule has 3 atom stereocenters. The van der Waals surface area contributed by atoms with E-state index >= 15 is 0 Å². The lowest BCUT2D eigenvalue weighted by Crippen LogP contribution is -3.00. The number of esters is 1. The van der Waals surface area contributed by atoms with E-state index in [1.165, 1.54) is 35.0 Å². The fraction of sp³-hybridized carbons (Fsp3) is 0.640. The van der Waals surface area contributed by atoms with Gasteiger partial charge >= 0.3 is 5.97 Å². The summed E-state index contributed by atoms with van der Waals surface area (Å²) >= 11 is 0. The minimum atomic E-state index is -0.0914. The van der Waals surface area contributed by atoms with Crippen LogP contribution in [0, 0.1) is 5.92 Å². The largest absolute Gasteiger partial charge is 1.00 e. The lowest BCUT2D eigenvalue weighted by molar-refractivity contribution is -0.983. The van der Waals surface area contributed by atoms with Crippen molar-refractivity contribution >= 4 is 11.5 Å².